The van der Waals surface area contributed by atoms with Crippen molar-refractivity contribution in [2.24, 2.45) is 5.73 Å². The van der Waals surface area contributed by atoms with Crippen molar-refractivity contribution in [3.63, 3.8) is 0 Å². The van der Waals surface area contributed by atoms with Gasteiger partial charge in [-0.2, -0.15) is 0 Å². The summed E-state index contributed by atoms with van der Waals surface area (Å²) in [5, 5.41) is 0. The maximum absolute atomic E-state index is 5.84. The van der Waals surface area contributed by atoms with Gasteiger partial charge >= 0.3 is 0 Å². The fraction of sp³-hybridized carbons (Fsp3) is 0.273. The second-order valence-corrected chi connectivity index (χ2v) is 3.63. The van der Waals surface area contributed by atoms with Crippen LogP contribution in [0, 0.1) is 6.92 Å². The Bertz CT molecular complexity index is 442. The van der Waals surface area contributed by atoms with E-state index in [-0.39, 0.29) is 6.04 Å². The number of aryl methyl sites for hydroxylation is 1. The van der Waals surface area contributed by atoms with Crippen molar-refractivity contribution in [3.05, 3.63) is 42.2 Å². The number of nitrogens with two attached hydrogens (primary N) is 1. The highest BCUT2D eigenvalue weighted by Gasteiger charge is 2.07. The topological polar surface area (TPSA) is 56.7 Å². The first kappa shape index (κ1) is 9.86. The zero-order valence-corrected chi connectivity index (χ0v) is 8.88. The van der Waals surface area contributed by atoms with Crippen LogP contribution in [0.5, 0.6) is 0 Å². The summed E-state index contributed by atoms with van der Waals surface area (Å²) < 4.78 is 1.96. The minimum atomic E-state index is -0.0335. The molecule has 2 heterocycles. The molecule has 1 unspecified atom stereocenters. The van der Waals surface area contributed by atoms with E-state index in [0.717, 1.165) is 17.1 Å². The molecule has 4 heteroatoms. The monoisotopic (exact) mass is 202 g/mol. The molecule has 0 bridgehead atoms. The molecule has 1 atom stereocenters. The van der Waals surface area contributed by atoms with E-state index in [1.165, 1.54) is 0 Å². The fourth-order valence-corrected chi connectivity index (χ4v) is 1.46. The van der Waals surface area contributed by atoms with E-state index in [0.29, 0.717) is 0 Å². The molecule has 2 aromatic rings. The molecule has 78 valence electrons. The molecule has 0 aliphatic heterocycles. The Balaban J connectivity index is 2.45. The van der Waals surface area contributed by atoms with E-state index in [2.05, 4.69) is 9.97 Å². The van der Waals surface area contributed by atoms with Crippen LogP contribution < -0.4 is 5.73 Å². The number of nitrogens with zero attached hydrogens (tertiary/aromatic N) is 3. The van der Waals surface area contributed by atoms with Crippen LogP contribution in [0.3, 0.4) is 0 Å². The van der Waals surface area contributed by atoms with Gasteiger partial charge in [0.15, 0.2) is 0 Å². The van der Waals surface area contributed by atoms with Crippen molar-refractivity contribution in [3.8, 4) is 5.69 Å². The average Bonchev–Trinajstić information content (AvgIpc) is 2.67. The zero-order valence-electron chi connectivity index (χ0n) is 8.88. The summed E-state index contributed by atoms with van der Waals surface area (Å²) in [4.78, 5) is 8.34. The third-order valence-corrected chi connectivity index (χ3v) is 2.31. The van der Waals surface area contributed by atoms with Crippen LogP contribution in [0.1, 0.15) is 24.4 Å². The SMILES string of the molecule is Cc1ccc(-n2cncc2C(C)N)cn1. The summed E-state index contributed by atoms with van der Waals surface area (Å²) in [5.41, 5.74) is 8.82. The van der Waals surface area contributed by atoms with Gasteiger partial charge in [0.25, 0.3) is 0 Å². The summed E-state index contributed by atoms with van der Waals surface area (Å²) in [6.45, 7) is 3.90. The van der Waals surface area contributed by atoms with Crippen LogP contribution in [0.4, 0.5) is 0 Å². The molecule has 2 N–H and O–H groups in total. The molecule has 0 aliphatic rings. The van der Waals surface area contributed by atoms with Crippen LogP contribution in [0.25, 0.3) is 5.69 Å². The van der Waals surface area contributed by atoms with Gasteiger partial charge in [-0.1, -0.05) is 0 Å². The van der Waals surface area contributed by atoms with Crippen molar-refractivity contribution < 1.29 is 0 Å². The molecule has 0 saturated carbocycles. The van der Waals surface area contributed by atoms with E-state index in [9.17, 15) is 0 Å². The standard InChI is InChI=1S/C11H14N4/c1-8-3-4-10(5-14-8)15-7-13-6-11(15)9(2)12/h3-7,9H,12H2,1-2H3. The quantitative estimate of drug-likeness (QED) is 0.804. The van der Waals surface area contributed by atoms with E-state index in [1.807, 2.05) is 36.7 Å². The molecule has 0 aliphatic carbocycles. The van der Waals surface area contributed by atoms with Gasteiger partial charge in [-0.3, -0.25) is 4.98 Å². The maximum atomic E-state index is 5.84. The Hall–Kier alpha value is -1.68. The Morgan fingerprint density at radius 3 is 2.73 bits per heavy atom. The average molecular weight is 202 g/mol. The number of hydrogen-bond acceptors (Lipinski definition) is 3. The fourth-order valence-electron chi connectivity index (χ4n) is 1.46. The van der Waals surface area contributed by atoms with Crippen molar-refractivity contribution in [1.29, 1.82) is 0 Å². The first-order chi connectivity index (χ1) is 7.18. The second kappa shape index (κ2) is 3.82. The van der Waals surface area contributed by atoms with Crippen LogP contribution in [-0.2, 0) is 0 Å². The molecule has 15 heavy (non-hydrogen) atoms. The first-order valence-corrected chi connectivity index (χ1v) is 4.89. The summed E-state index contributed by atoms with van der Waals surface area (Å²) >= 11 is 0. The molecule has 4 nitrogen and oxygen atoms in total. The third-order valence-electron chi connectivity index (χ3n) is 2.31. The van der Waals surface area contributed by atoms with Crippen molar-refractivity contribution in [1.82, 2.24) is 14.5 Å². The van der Waals surface area contributed by atoms with Crippen molar-refractivity contribution in [2.45, 2.75) is 19.9 Å². The van der Waals surface area contributed by atoms with Crippen LogP contribution >= 0.6 is 0 Å². The highest BCUT2D eigenvalue weighted by molar-refractivity contribution is 5.32. The normalized spacial score (nSPS) is 12.7. The predicted octanol–water partition coefficient (Wildman–Crippen LogP) is 1.60. The van der Waals surface area contributed by atoms with Gasteiger partial charge in [0.2, 0.25) is 0 Å². The highest BCUT2D eigenvalue weighted by Crippen LogP contribution is 2.14. The van der Waals surface area contributed by atoms with Crippen LogP contribution in [0.15, 0.2) is 30.9 Å². The predicted molar refractivity (Wildman–Crippen MR) is 58.7 cm³/mol. The summed E-state index contributed by atoms with van der Waals surface area (Å²) in [6, 6.07) is 3.95. The van der Waals surface area contributed by atoms with Gasteiger partial charge < -0.3 is 10.3 Å². The molecule has 0 fully saturated rings. The lowest BCUT2D eigenvalue weighted by Gasteiger charge is -2.10. The molecule has 2 rings (SSSR count). The highest BCUT2D eigenvalue weighted by atomic mass is 15.1. The zero-order chi connectivity index (χ0) is 10.8. The Morgan fingerprint density at radius 1 is 1.33 bits per heavy atom. The van der Waals surface area contributed by atoms with Gasteiger partial charge in [0.05, 0.1) is 30.1 Å². The summed E-state index contributed by atoms with van der Waals surface area (Å²) in [6.07, 6.45) is 5.36. The number of imidazole rings is 1. The molecular weight excluding hydrogens is 188 g/mol. The molecule has 0 spiro atoms. The second-order valence-electron chi connectivity index (χ2n) is 3.63. The third kappa shape index (κ3) is 1.89. The van der Waals surface area contributed by atoms with Gasteiger partial charge in [-0.25, -0.2) is 4.98 Å². The molecule has 2 aromatic heterocycles. The van der Waals surface area contributed by atoms with Crippen LogP contribution in [-0.4, -0.2) is 14.5 Å². The molecule has 0 amide bonds. The van der Waals surface area contributed by atoms with Gasteiger partial charge in [0, 0.05) is 11.7 Å². The molecular formula is C11H14N4. The van der Waals surface area contributed by atoms with Crippen molar-refractivity contribution in [2.75, 3.05) is 0 Å². The van der Waals surface area contributed by atoms with Gasteiger partial charge in [-0.15, -0.1) is 0 Å². The lowest BCUT2D eigenvalue weighted by atomic mass is 10.2. The minimum Gasteiger partial charge on any atom is -0.323 e. The van der Waals surface area contributed by atoms with E-state index >= 15 is 0 Å². The Labute approximate surface area is 88.8 Å². The van der Waals surface area contributed by atoms with Crippen molar-refractivity contribution >= 4 is 0 Å². The first-order valence-electron chi connectivity index (χ1n) is 4.89. The molecule has 0 saturated heterocycles. The molecule has 0 radical (unpaired) electrons. The number of rotatable bonds is 2. The number of hydrogen-bond donors (Lipinski definition) is 1. The largest absolute Gasteiger partial charge is 0.323 e. The van der Waals surface area contributed by atoms with Crippen LogP contribution in [0.2, 0.25) is 0 Å². The Kier molecular flexibility index (Phi) is 2.51. The Morgan fingerprint density at radius 2 is 2.13 bits per heavy atom. The molecule has 0 aromatic carbocycles. The number of aromatic nitrogens is 3. The van der Waals surface area contributed by atoms with E-state index in [1.54, 1.807) is 12.5 Å². The van der Waals surface area contributed by atoms with E-state index in [4.69, 9.17) is 5.73 Å². The summed E-state index contributed by atoms with van der Waals surface area (Å²) in [5.74, 6) is 0. The summed E-state index contributed by atoms with van der Waals surface area (Å²) in [7, 11) is 0. The lowest BCUT2D eigenvalue weighted by Crippen LogP contribution is -2.10. The smallest absolute Gasteiger partial charge is 0.0995 e. The minimum absolute atomic E-state index is 0.0335. The maximum Gasteiger partial charge on any atom is 0.0995 e. The van der Waals surface area contributed by atoms with Gasteiger partial charge in [-0.05, 0) is 26.0 Å². The lowest BCUT2D eigenvalue weighted by molar-refractivity contribution is 0.751. The van der Waals surface area contributed by atoms with Gasteiger partial charge in [0.1, 0.15) is 0 Å². The number of pyridine rings is 1. The van der Waals surface area contributed by atoms with E-state index < -0.39 is 0 Å².